The number of nitro groups is 1. The molecule has 1 amide bonds. The minimum absolute atomic E-state index is 0.134. The SMILES string of the molecule is COc1ccc(NC(=O)/C(C#N)=C/c2cc([N+](=O)[O-])ccc2OCCOc2ccc(Br)cc2)cc1. The Balaban J connectivity index is 1.75. The molecule has 178 valence electrons. The average Bonchev–Trinajstić information content (AvgIpc) is 2.87. The Morgan fingerprint density at radius 3 is 2.34 bits per heavy atom. The number of carbonyl (C=O) groups excluding carboxylic acids is 1. The molecule has 3 aromatic carbocycles. The van der Waals surface area contributed by atoms with E-state index in [1.807, 2.05) is 18.2 Å². The normalized spacial score (nSPS) is 10.7. The number of methoxy groups -OCH3 is 1. The first-order valence-corrected chi connectivity index (χ1v) is 11.1. The van der Waals surface area contributed by atoms with Crippen LogP contribution in [0.25, 0.3) is 6.08 Å². The molecule has 0 bridgehead atoms. The summed E-state index contributed by atoms with van der Waals surface area (Å²) in [5.74, 6) is 0.859. The lowest BCUT2D eigenvalue weighted by molar-refractivity contribution is -0.384. The second-order valence-electron chi connectivity index (χ2n) is 6.98. The molecule has 0 fully saturated rings. The van der Waals surface area contributed by atoms with Crippen molar-refractivity contribution in [3.8, 4) is 23.3 Å². The number of anilines is 1. The molecule has 0 spiro atoms. The molecule has 9 nitrogen and oxygen atoms in total. The Hall–Kier alpha value is -4.36. The van der Waals surface area contributed by atoms with Gasteiger partial charge in [-0.2, -0.15) is 5.26 Å². The molecule has 35 heavy (non-hydrogen) atoms. The highest BCUT2D eigenvalue weighted by molar-refractivity contribution is 9.10. The number of ether oxygens (including phenoxy) is 3. The van der Waals surface area contributed by atoms with Gasteiger partial charge in [-0.25, -0.2) is 0 Å². The zero-order valence-corrected chi connectivity index (χ0v) is 20.2. The summed E-state index contributed by atoms with van der Waals surface area (Å²) in [7, 11) is 1.52. The van der Waals surface area contributed by atoms with Crippen molar-refractivity contribution in [2.45, 2.75) is 0 Å². The molecule has 3 rings (SSSR count). The number of hydrogen-bond donors (Lipinski definition) is 1. The van der Waals surface area contributed by atoms with Gasteiger partial charge in [0.05, 0.1) is 12.0 Å². The number of nitrogens with zero attached hydrogens (tertiary/aromatic N) is 2. The van der Waals surface area contributed by atoms with E-state index in [4.69, 9.17) is 14.2 Å². The van der Waals surface area contributed by atoms with Crippen LogP contribution in [0, 0.1) is 21.4 Å². The summed E-state index contributed by atoms with van der Waals surface area (Å²) >= 11 is 3.35. The molecule has 0 radical (unpaired) electrons. The third-order valence-electron chi connectivity index (χ3n) is 4.64. The standard InChI is InChI=1S/C25H20BrN3O6/c1-33-22-9-4-20(5-10-22)28-25(30)18(16-27)14-17-15-21(29(31)32)6-11-24(17)35-13-12-34-23-7-2-19(26)3-8-23/h2-11,14-15H,12-13H2,1H3,(H,28,30)/b18-14+. The zero-order chi connectivity index (χ0) is 25.2. The van der Waals surface area contributed by atoms with E-state index in [2.05, 4.69) is 21.2 Å². The molecule has 0 saturated heterocycles. The van der Waals surface area contributed by atoms with Gasteiger partial charge in [-0.15, -0.1) is 0 Å². The number of nitrogens with one attached hydrogen (secondary N) is 1. The lowest BCUT2D eigenvalue weighted by Gasteiger charge is -2.11. The van der Waals surface area contributed by atoms with Crippen molar-refractivity contribution in [1.82, 2.24) is 0 Å². The summed E-state index contributed by atoms with van der Waals surface area (Å²) in [6.45, 7) is 0.347. The fourth-order valence-electron chi connectivity index (χ4n) is 2.91. The van der Waals surface area contributed by atoms with Crippen LogP contribution in [-0.2, 0) is 4.79 Å². The van der Waals surface area contributed by atoms with Crippen molar-refractivity contribution in [3.05, 3.63) is 92.5 Å². The topological polar surface area (TPSA) is 124 Å². The molecule has 0 unspecified atom stereocenters. The minimum atomic E-state index is -0.673. The first-order valence-electron chi connectivity index (χ1n) is 10.3. The number of halogens is 1. The van der Waals surface area contributed by atoms with Crippen LogP contribution in [0.5, 0.6) is 17.2 Å². The van der Waals surface area contributed by atoms with Crippen molar-refractivity contribution >= 4 is 39.3 Å². The molecule has 1 N–H and O–H groups in total. The zero-order valence-electron chi connectivity index (χ0n) is 18.6. The van der Waals surface area contributed by atoms with Gasteiger partial charge in [0.1, 0.15) is 42.1 Å². The van der Waals surface area contributed by atoms with E-state index in [-0.39, 0.29) is 35.8 Å². The van der Waals surface area contributed by atoms with Crippen LogP contribution < -0.4 is 19.5 Å². The van der Waals surface area contributed by atoms with Gasteiger partial charge in [-0.3, -0.25) is 14.9 Å². The number of nitriles is 1. The van der Waals surface area contributed by atoms with E-state index in [9.17, 15) is 20.2 Å². The van der Waals surface area contributed by atoms with Crippen LogP contribution in [0.3, 0.4) is 0 Å². The average molecular weight is 538 g/mol. The molecule has 10 heteroatoms. The summed E-state index contributed by atoms with van der Waals surface area (Å²) in [6.07, 6.45) is 1.25. The van der Waals surface area contributed by atoms with E-state index in [1.165, 1.54) is 31.4 Å². The molecule has 0 aliphatic carbocycles. The third kappa shape index (κ3) is 7.31. The van der Waals surface area contributed by atoms with Crippen LogP contribution in [0.2, 0.25) is 0 Å². The van der Waals surface area contributed by atoms with Crippen LogP contribution in [0.15, 0.2) is 76.8 Å². The summed E-state index contributed by atoms with van der Waals surface area (Å²) in [6, 6.07) is 19.6. The van der Waals surface area contributed by atoms with Gasteiger partial charge >= 0.3 is 0 Å². The number of benzene rings is 3. The second-order valence-corrected chi connectivity index (χ2v) is 7.90. The molecule has 0 aromatic heterocycles. The number of nitro benzene ring substituents is 1. The van der Waals surface area contributed by atoms with Crippen molar-refractivity contribution in [3.63, 3.8) is 0 Å². The Bertz CT molecular complexity index is 1270. The first kappa shape index (κ1) is 25.3. The lowest BCUT2D eigenvalue weighted by atomic mass is 10.1. The predicted octanol–water partition coefficient (Wildman–Crippen LogP) is 5.37. The summed E-state index contributed by atoms with van der Waals surface area (Å²) in [5.41, 5.74) is 0.210. The van der Waals surface area contributed by atoms with Crippen LogP contribution >= 0.6 is 15.9 Å². The maximum absolute atomic E-state index is 12.6. The number of hydrogen-bond acceptors (Lipinski definition) is 7. The highest BCUT2D eigenvalue weighted by Gasteiger charge is 2.15. The fraction of sp³-hybridized carbons (Fsp3) is 0.120. The van der Waals surface area contributed by atoms with Crippen LogP contribution in [0.4, 0.5) is 11.4 Å². The molecule has 0 aliphatic rings. The molecule has 0 heterocycles. The Labute approximate surface area is 209 Å². The molecule has 0 saturated carbocycles. The highest BCUT2D eigenvalue weighted by Crippen LogP contribution is 2.27. The van der Waals surface area contributed by atoms with Gasteiger partial charge in [0.2, 0.25) is 0 Å². The molecule has 3 aromatic rings. The minimum Gasteiger partial charge on any atom is -0.497 e. The quantitative estimate of drug-likeness (QED) is 0.121. The summed E-state index contributed by atoms with van der Waals surface area (Å²) in [5, 5.41) is 23.4. The van der Waals surface area contributed by atoms with E-state index in [1.54, 1.807) is 36.4 Å². The van der Waals surface area contributed by atoms with Crippen LogP contribution in [0.1, 0.15) is 5.56 Å². The molecule has 0 atom stereocenters. The summed E-state index contributed by atoms with van der Waals surface area (Å²) < 4.78 is 17.3. The van der Waals surface area contributed by atoms with Crippen molar-refractivity contribution in [2.24, 2.45) is 0 Å². The molecular weight excluding hydrogens is 518 g/mol. The van der Waals surface area contributed by atoms with Gasteiger partial charge in [0, 0.05) is 27.9 Å². The Morgan fingerprint density at radius 1 is 1.06 bits per heavy atom. The third-order valence-corrected chi connectivity index (χ3v) is 5.17. The van der Waals surface area contributed by atoms with E-state index in [0.29, 0.717) is 17.2 Å². The molecular formula is C25H20BrN3O6. The fourth-order valence-corrected chi connectivity index (χ4v) is 3.18. The van der Waals surface area contributed by atoms with E-state index in [0.717, 1.165) is 4.47 Å². The van der Waals surface area contributed by atoms with E-state index < -0.39 is 10.8 Å². The lowest BCUT2D eigenvalue weighted by Crippen LogP contribution is -2.13. The Morgan fingerprint density at radius 2 is 1.71 bits per heavy atom. The maximum Gasteiger partial charge on any atom is 0.270 e. The van der Waals surface area contributed by atoms with Gasteiger partial charge in [0.25, 0.3) is 11.6 Å². The van der Waals surface area contributed by atoms with Crippen molar-refractivity contribution in [1.29, 1.82) is 5.26 Å². The van der Waals surface area contributed by atoms with Crippen LogP contribution in [-0.4, -0.2) is 31.2 Å². The number of amides is 1. The summed E-state index contributed by atoms with van der Waals surface area (Å²) in [4.78, 5) is 23.3. The van der Waals surface area contributed by atoms with E-state index >= 15 is 0 Å². The smallest absolute Gasteiger partial charge is 0.270 e. The van der Waals surface area contributed by atoms with Gasteiger partial charge in [0.15, 0.2) is 0 Å². The first-order chi connectivity index (χ1) is 16.9. The second kappa shape index (κ2) is 12.2. The van der Waals surface area contributed by atoms with Gasteiger partial charge in [-0.05, 0) is 60.7 Å². The van der Waals surface area contributed by atoms with Gasteiger partial charge < -0.3 is 19.5 Å². The van der Waals surface area contributed by atoms with Gasteiger partial charge in [-0.1, -0.05) is 15.9 Å². The number of rotatable bonds is 10. The van der Waals surface area contributed by atoms with Crippen molar-refractivity contribution < 1.29 is 23.9 Å². The monoisotopic (exact) mass is 537 g/mol. The maximum atomic E-state index is 12.6. The number of non-ortho nitro benzene ring substituents is 1. The Kier molecular flexibility index (Phi) is 8.81. The molecule has 0 aliphatic heterocycles. The highest BCUT2D eigenvalue weighted by atomic mass is 79.9. The van der Waals surface area contributed by atoms with Crippen molar-refractivity contribution in [2.75, 3.05) is 25.6 Å². The largest absolute Gasteiger partial charge is 0.497 e. The predicted molar refractivity (Wildman–Crippen MR) is 133 cm³/mol. The number of carbonyl (C=O) groups is 1.